The van der Waals surface area contributed by atoms with E-state index in [2.05, 4.69) is 0 Å². The summed E-state index contributed by atoms with van der Waals surface area (Å²) in [6.07, 6.45) is 0.273. The topological polar surface area (TPSA) is 52.3 Å². The van der Waals surface area contributed by atoms with E-state index < -0.39 is 0 Å². The first-order chi connectivity index (χ1) is 7.39. The van der Waals surface area contributed by atoms with E-state index in [4.69, 9.17) is 10.5 Å². The largest absolute Gasteiger partial charge is 0.460 e. The van der Waals surface area contributed by atoms with Crippen LogP contribution in [-0.2, 0) is 16.1 Å². The third-order valence-electron chi connectivity index (χ3n) is 2.45. The zero-order chi connectivity index (χ0) is 12.2. The van der Waals surface area contributed by atoms with Crippen molar-refractivity contribution in [1.82, 2.24) is 0 Å². The van der Waals surface area contributed by atoms with Crippen molar-refractivity contribution < 1.29 is 9.53 Å². The lowest BCUT2D eigenvalue weighted by Gasteiger charge is -2.25. The molecule has 1 aromatic rings. The highest BCUT2D eigenvalue weighted by molar-refractivity contribution is 7.09. The van der Waals surface area contributed by atoms with Crippen LogP contribution < -0.4 is 5.73 Å². The minimum absolute atomic E-state index is 0.0675. The van der Waals surface area contributed by atoms with E-state index in [0.717, 1.165) is 4.88 Å². The normalized spacial score (nSPS) is 13.5. The highest BCUT2D eigenvalue weighted by atomic mass is 32.1. The van der Waals surface area contributed by atoms with E-state index in [1.165, 1.54) is 0 Å². The summed E-state index contributed by atoms with van der Waals surface area (Å²) in [5.74, 6) is -0.226. The number of hydrogen-bond donors (Lipinski definition) is 1. The Labute approximate surface area is 101 Å². The third-order valence-corrected chi connectivity index (χ3v) is 3.30. The van der Waals surface area contributed by atoms with E-state index in [-0.39, 0.29) is 23.8 Å². The Balaban J connectivity index is 2.31. The van der Waals surface area contributed by atoms with E-state index in [1.807, 2.05) is 38.3 Å². The van der Waals surface area contributed by atoms with Crippen LogP contribution >= 0.6 is 11.3 Å². The average Bonchev–Trinajstić information content (AvgIpc) is 2.65. The summed E-state index contributed by atoms with van der Waals surface area (Å²) in [5, 5.41) is 1.96. The van der Waals surface area contributed by atoms with Gasteiger partial charge in [0.25, 0.3) is 0 Å². The van der Waals surface area contributed by atoms with Crippen molar-refractivity contribution in [3.63, 3.8) is 0 Å². The smallest absolute Gasteiger partial charge is 0.307 e. The molecule has 0 saturated heterocycles. The molecule has 1 rings (SSSR count). The Bertz CT molecular complexity index is 327. The summed E-state index contributed by atoms with van der Waals surface area (Å²) in [4.78, 5) is 12.6. The van der Waals surface area contributed by atoms with Crippen LogP contribution in [0.4, 0.5) is 0 Å². The van der Waals surface area contributed by atoms with Gasteiger partial charge in [-0.3, -0.25) is 4.79 Å². The third kappa shape index (κ3) is 4.33. The van der Waals surface area contributed by atoms with Crippen LogP contribution in [0.1, 0.15) is 32.1 Å². The second-order valence-corrected chi connectivity index (χ2v) is 5.95. The highest BCUT2D eigenvalue weighted by Gasteiger charge is 2.23. The molecule has 0 saturated carbocycles. The molecule has 1 unspecified atom stereocenters. The fourth-order valence-corrected chi connectivity index (χ4v) is 1.71. The molecule has 3 nitrogen and oxygen atoms in total. The monoisotopic (exact) mass is 241 g/mol. The summed E-state index contributed by atoms with van der Waals surface area (Å²) >= 11 is 1.58. The molecule has 0 aliphatic heterocycles. The number of nitrogens with two attached hydrogens (primary N) is 1. The summed E-state index contributed by atoms with van der Waals surface area (Å²) < 4.78 is 5.14. The van der Waals surface area contributed by atoms with Gasteiger partial charge in [0.2, 0.25) is 0 Å². The molecule has 0 fully saturated rings. The van der Waals surface area contributed by atoms with Crippen LogP contribution in [-0.4, -0.2) is 12.0 Å². The lowest BCUT2D eigenvalue weighted by Crippen LogP contribution is -2.37. The molecule has 0 radical (unpaired) electrons. The molecule has 1 atom stereocenters. The number of carbonyl (C=O) groups is 1. The Kier molecular flexibility index (Phi) is 4.50. The van der Waals surface area contributed by atoms with Crippen molar-refractivity contribution in [2.24, 2.45) is 11.1 Å². The van der Waals surface area contributed by atoms with Gasteiger partial charge in [-0.25, -0.2) is 0 Å². The predicted molar refractivity (Wildman–Crippen MR) is 66.2 cm³/mol. The summed E-state index contributed by atoms with van der Waals surface area (Å²) in [5.41, 5.74) is 5.83. The second kappa shape index (κ2) is 5.46. The zero-order valence-electron chi connectivity index (χ0n) is 10.0. The molecule has 0 bridgehead atoms. The Morgan fingerprint density at radius 2 is 2.25 bits per heavy atom. The van der Waals surface area contributed by atoms with Crippen molar-refractivity contribution in [3.8, 4) is 0 Å². The minimum Gasteiger partial charge on any atom is -0.460 e. The highest BCUT2D eigenvalue weighted by Crippen LogP contribution is 2.20. The fourth-order valence-electron chi connectivity index (χ4n) is 1.09. The van der Waals surface area contributed by atoms with E-state index in [1.54, 1.807) is 11.3 Å². The lowest BCUT2D eigenvalue weighted by molar-refractivity contribution is -0.145. The van der Waals surface area contributed by atoms with Crippen LogP contribution in [0.15, 0.2) is 17.5 Å². The van der Waals surface area contributed by atoms with Gasteiger partial charge in [-0.05, 0) is 16.9 Å². The average molecular weight is 241 g/mol. The van der Waals surface area contributed by atoms with Gasteiger partial charge in [-0.15, -0.1) is 11.3 Å². The number of carbonyl (C=O) groups excluding carboxylic acids is 1. The van der Waals surface area contributed by atoms with E-state index in [9.17, 15) is 4.79 Å². The quantitative estimate of drug-likeness (QED) is 0.824. The van der Waals surface area contributed by atoms with Gasteiger partial charge in [0.15, 0.2) is 0 Å². The van der Waals surface area contributed by atoms with Gasteiger partial charge in [0.05, 0.1) is 6.42 Å². The molecule has 1 aromatic heterocycles. The fraction of sp³-hybridized carbons (Fsp3) is 0.583. The van der Waals surface area contributed by atoms with Gasteiger partial charge in [-0.1, -0.05) is 26.8 Å². The Morgan fingerprint density at radius 1 is 1.56 bits per heavy atom. The molecular formula is C12H19NO2S. The Hall–Kier alpha value is -0.870. The van der Waals surface area contributed by atoms with Crippen LogP contribution in [0.5, 0.6) is 0 Å². The number of esters is 1. The molecule has 4 heteroatoms. The van der Waals surface area contributed by atoms with Gasteiger partial charge >= 0.3 is 5.97 Å². The molecule has 0 spiro atoms. The van der Waals surface area contributed by atoms with E-state index in [0.29, 0.717) is 6.61 Å². The molecule has 16 heavy (non-hydrogen) atoms. The molecule has 2 N–H and O–H groups in total. The maximum absolute atomic E-state index is 11.5. The van der Waals surface area contributed by atoms with Crippen molar-refractivity contribution in [2.45, 2.75) is 39.8 Å². The van der Waals surface area contributed by atoms with Crippen molar-refractivity contribution in [2.75, 3.05) is 0 Å². The van der Waals surface area contributed by atoms with Crippen LogP contribution in [0.3, 0.4) is 0 Å². The Morgan fingerprint density at radius 3 is 2.75 bits per heavy atom. The molecule has 0 amide bonds. The first-order valence-electron chi connectivity index (χ1n) is 5.33. The molecule has 90 valence electrons. The van der Waals surface area contributed by atoms with Crippen molar-refractivity contribution in [1.29, 1.82) is 0 Å². The summed E-state index contributed by atoms with van der Waals surface area (Å²) in [7, 11) is 0. The van der Waals surface area contributed by atoms with Crippen molar-refractivity contribution >= 4 is 17.3 Å². The number of rotatable bonds is 4. The maximum atomic E-state index is 11.5. The predicted octanol–water partition coefficient (Wildman–Crippen LogP) is 2.55. The second-order valence-electron chi connectivity index (χ2n) is 4.92. The molecule has 0 aliphatic carbocycles. The van der Waals surface area contributed by atoms with Crippen LogP contribution in [0, 0.1) is 5.41 Å². The molecule has 1 heterocycles. The van der Waals surface area contributed by atoms with Gasteiger partial charge < -0.3 is 10.5 Å². The van der Waals surface area contributed by atoms with Gasteiger partial charge in [-0.2, -0.15) is 0 Å². The van der Waals surface area contributed by atoms with Crippen LogP contribution in [0.25, 0.3) is 0 Å². The van der Waals surface area contributed by atoms with Gasteiger partial charge in [0.1, 0.15) is 6.61 Å². The standard InChI is InChI=1S/C12H19NO2S/c1-12(2,3)10(13)7-11(14)15-8-9-5-4-6-16-9/h4-6,10H,7-8,13H2,1-3H3. The van der Waals surface area contributed by atoms with Crippen LogP contribution in [0.2, 0.25) is 0 Å². The maximum Gasteiger partial charge on any atom is 0.307 e. The minimum atomic E-state index is -0.226. The zero-order valence-corrected chi connectivity index (χ0v) is 10.8. The number of hydrogen-bond acceptors (Lipinski definition) is 4. The first-order valence-corrected chi connectivity index (χ1v) is 6.21. The lowest BCUT2D eigenvalue weighted by atomic mass is 9.85. The molecule has 0 aliphatic rings. The van der Waals surface area contributed by atoms with Gasteiger partial charge in [0, 0.05) is 10.9 Å². The first kappa shape index (κ1) is 13.2. The SMILES string of the molecule is CC(C)(C)C(N)CC(=O)OCc1cccs1. The summed E-state index contributed by atoms with van der Waals surface area (Å²) in [6.45, 7) is 6.41. The van der Waals surface area contributed by atoms with Crippen molar-refractivity contribution in [3.05, 3.63) is 22.4 Å². The van der Waals surface area contributed by atoms with E-state index >= 15 is 0 Å². The summed E-state index contributed by atoms with van der Waals surface area (Å²) in [6, 6.07) is 3.72. The molecule has 0 aromatic carbocycles. The molecular weight excluding hydrogens is 222 g/mol. The number of ether oxygens (including phenoxy) is 1. The number of thiophene rings is 1.